The predicted molar refractivity (Wildman–Crippen MR) is 89.6 cm³/mol. The average Bonchev–Trinajstić information content (AvgIpc) is 2.45. The molecule has 0 aliphatic carbocycles. The van der Waals surface area contributed by atoms with E-state index in [-0.39, 0.29) is 10.6 Å². The number of anilines is 2. The Balaban J connectivity index is 2.34. The van der Waals surface area contributed by atoms with E-state index < -0.39 is 0 Å². The first-order valence-electron chi connectivity index (χ1n) is 8.01. The van der Waals surface area contributed by atoms with Crippen molar-refractivity contribution in [3.8, 4) is 0 Å². The van der Waals surface area contributed by atoms with Gasteiger partial charge in [0.2, 0.25) is 5.82 Å². The first-order chi connectivity index (χ1) is 10.4. The molecule has 1 fully saturated rings. The molecule has 6 heteroatoms. The lowest BCUT2D eigenvalue weighted by Crippen LogP contribution is -2.36. The Bertz CT molecular complexity index is 545. The summed E-state index contributed by atoms with van der Waals surface area (Å²) in [7, 11) is 1.68. The summed E-state index contributed by atoms with van der Waals surface area (Å²) in [5, 5.41) is 14.4. The van der Waals surface area contributed by atoms with Crippen LogP contribution in [0.3, 0.4) is 0 Å². The summed E-state index contributed by atoms with van der Waals surface area (Å²) < 4.78 is 0. The van der Waals surface area contributed by atoms with Crippen LogP contribution in [-0.4, -0.2) is 30.0 Å². The maximum atomic E-state index is 11.5. The molecule has 0 radical (unpaired) electrons. The minimum absolute atomic E-state index is 0.0956. The Kier molecular flexibility index (Phi) is 5.21. The third-order valence-corrected chi connectivity index (χ3v) is 4.18. The van der Waals surface area contributed by atoms with Gasteiger partial charge in [0, 0.05) is 25.8 Å². The summed E-state index contributed by atoms with van der Waals surface area (Å²) in [5.41, 5.74) is 1.60. The highest BCUT2D eigenvalue weighted by Gasteiger charge is 2.29. The number of aryl methyl sites for hydroxylation is 1. The van der Waals surface area contributed by atoms with Crippen molar-refractivity contribution in [3.63, 3.8) is 0 Å². The number of nitro groups is 1. The number of aromatic nitrogens is 1. The summed E-state index contributed by atoms with van der Waals surface area (Å²) in [6.45, 7) is 8.12. The van der Waals surface area contributed by atoms with E-state index in [1.165, 1.54) is 12.8 Å². The van der Waals surface area contributed by atoms with Gasteiger partial charge < -0.3 is 10.2 Å². The van der Waals surface area contributed by atoms with Crippen LogP contribution >= 0.6 is 0 Å². The Labute approximate surface area is 132 Å². The van der Waals surface area contributed by atoms with E-state index in [1.807, 2.05) is 13.0 Å². The molecule has 1 aliphatic rings. The highest BCUT2D eigenvalue weighted by molar-refractivity contribution is 5.74. The number of rotatable bonds is 5. The number of pyridine rings is 1. The van der Waals surface area contributed by atoms with Crippen molar-refractivity contribution in [1.82, 2.24) is 4.98 Å². The third kappa shape index (κ3) is 3.67. The second-order valence-electron chi connectivity index (χ2n) is 6.57. The molecule has 0 saturated carbocycles. The lowest BCUT2D eigenvalue weighted by atomic mass is 9.89. The van der Waals surface area contributed by atoms with Crippen LogP contribution in [0, 0.1) is 28.9 Å². The topological polar surface area (TPSA) is 71.3 Å². The van der Waals surface area contributed by atoms with E-state index in [9.17, 15) is 10.1 Å². The summed E-state index contributed by atoms with van der Waals surface area (Å²) in [5.74, 6) is 1.62. The maximum Gasteiger partial charge on any atom is 0.334 e. The highest BCUT2D eigenvalue weighted by atomic mass is 16.6. The van der Waals surface area contributed by atoms with E-state index in [0.29, 0.717) is 23.3 Å². The lowest BCUT2D eigenvalue weighted by Gasteiger charge is -2.35. The molecule has 22 heavy (non-hydrogen) atoms. The zero-order valence-electron chi connectivity index (χ0n) is 13.9. The molecule has 1 aliphatic heterocycles. The minimum atomic E-state index is -0.320. The van der Waals surface area contributed by atoms with Crippen LogP contribution < -0.4 is 10.2 Å². The van der Waals surface area contributed by atoms with E-state index in [2.05, 4.69) is 29.0 Å². The Morgan fingerprint density at radius 3 is 2.86 bits per heavy atom. The molecule has 0 aromatic carbocycles. The average molecular weight is 306 g/mol. The van der Waals surface area contributed by atoms with Crippen molar-refractivity contribution in [3.05, 3.63) is 21.9 Å². The van der Waals surface area contributed by atoms with Gasteiger partial charge in [0.1, 0.15) is 5.69 Å². The molecule has 0 amide bonds. The van der Waals surface area contributed by atoms with Gasteiger partial charge in [0.05, 0.1) is 4.92 Å². The van der Waals surface area contributed by atoms with Gasteiger partial charge in [-0.2, -0.15) is 0 Å². The molecule has 1 N–H and O–H groups in total. The molecule has 6 nitrogen and oxygen atoms in total. The standard InChI is InChI=1S/C16H26N4O2/c1-11(2)8-13-6-5-7-19(10-13)14-9-12(3)18-16(17-4)15(14)20(21)22/h9,11,13H,5-8,10H2,1-4H3,(H,17,18). The zero-order valence-corrected chi connectivity index (χ0v) is 13.9. The third-order valence-electron chi connectivity index (χ3n) is 4.18. The van der Waals surface area contributed by atoms with Crippen molar-refractivity contribution < 1.29 is 4.92 Å². The number of nitrogens with one attached hydrogen (secondary N) is 1. The van der Waals surface area contributed by atoms with Gasteiger partial charge in [0.25, 0.3) is 0 Å². The quantitative estimate of drug-likeness (QED) is 0.664. The molecular formula is C16H26N4O2. The fourth-order valence-electron chi connectivity index (χ4n) is 3.39. The normalized spacial score (nSPS) is 18.6. The van der Waals surface area contributed by atoms with E-state index in [0.717, 1.165) is 25.2 Å². The fraction of sp³-hybridized carbons (Fsp3) is 0.688. The zero-order chi connectivity index (χ0) is 16.3. The van der Waals surface area contributed by atoms with Crippen LogP contribution in [0.2, 0.25) is 0 Å². The van der Waals surface area contributed by atoms with Gasteiger partial charge >= 0.3 is 5.69 Å². The molecule has 1 unspecified atom stereocenters. The number of nitrogens with zero attached hydrogens (tertiary/aromatic N) is 3. The van der Waals surface area contributed by atoms with E-state index >= 15 is 0 Å². The Morgan fingerprint density at radius 2 is 2.27 bits per heavy atom. The molecule has 0 bridgehead atoms. The van der Waals surface area contributed by atoms with E-state index in [4.69, 9.17) is 0 Å². The van der Waals surface area contributed by atoms with Gasteiger partial charge in [0.15, 0.2) is 0 Å². The second-order valence-corrected chi connectivity index (χ2v) is 6.57. The molecule has 1 saturated heterocycles. The van der Waals surface area contributed by atoms with Crippen LogP contribution in [0.1, 0.15) is 38.8 Å². The van der Waals surface area contributed by atoms with Crippen molar-refractivity contribution in [2.75, 3.05) is 30.4 Å². The van der Waals surface area contributed by atoms with Crippen molar-refractivity contribution in [2.24, 2.45) is 11.8 Å². The predicted octanol–water partition coefficient (Wildman–Crippen LogP) is 3.60. The number of piperidine rings is 1. The first-order valence-corrected chi connectivity index (χ1v) is 8.01. The molecular weight excluding hydrogens is 280 g/mol. The number of hydrogen-bond donors (Lipinski definition) is 1. The van der Waals surface area contributed by atoms with Crippen LogP contribution in [0.25, 0.3) is 0 Å². The lowest BCUT2D eigenvalue weighted by molar-refractivity contribution is -0.383. The molecule has 2 heterocycles. The molecule has 1 aromatic heterocycles. The van der Waals surface area contributed by atoms with Gasteiger partial charge in [-0.25, -0.2) is 4.98 Å². The Hall–Kier alpha value is -1.85. The van der Waals surface area contributed by atoms with Crippen LogP contribution in [0.15, 0.2) is 6.07 Å². The maximum absolute atomic E-state index is 11.5. The van der Waals surface area contributed by atoms with Crippen molar-refractivity contribution in [2.45, 2.75) is 40.0 Å². The van der Waals surface area contributed by atoms with Gasteiger partial charge in [-0.3, -0.25) is 10.1 Å². The molecule has 0 spiro atoms. The van der Waals surface area contributed by atoms with Gasteiger partial charge in [-0.1, -0.05) is 13.8 Å². The molecule has 1 atom stereocenters. The SMILES string of the molecule is CNc1nc(C)cc(N2CCCC(CC(C)C)C2)c1[N+](=O)[O-]. The second kappa shape index (κ2) is 6.94. The largest absolute Gasteiger partial charge is 0.367 e. The van der Waals surface area contributed by atoms with Gasteiger partial charge in [-0.15, -0.1) is 0 Å². The van der Waals surface area contributed by atoms with Crippen LogP contribution in [-0.2, 0) is 0 Å². The van der Waals surface area contributed by atoms with Crippen molar-refractivity contribution in [1.29, 1.82) is 0 Å². The van der Waals surface area contributed by atoms with Crippen LogP contribution in [0.4, 0.5) is 17.2 Å². The fourth-order valence-corrected chi connectivity index (χ4v) is 3.39. The van der Waals surface area contributed by atoms with Gasteiger partial charge in [-0.05, 0) is 44.1 Å². The highest BCUT2D eigenvalue weighted by Crippen LogP contribution is 2.37. The van der Waals surface area contributed by atoms with Crippen LogP contribution in [0.5, 0.6) is 0 Å². The minimum Gasteiger partial charge on any atom is -0.367 e. The first kappa shape index (κ1) is 16.5. The van der Waals surface area contributed by atoms with E-state index in [1.54, 1.807) is 7.05 Å². The smallest absolute Gasteiger partial charge is 0.334 e. The van der Waals surface area contributed by atoms with Crippen molar-refractivity contribution >= 4 is 17.2 Å². The molecule has 2 rings (SSSR count). The number of hydrogen-bond acceptors (Lipinski definition) is 5. The molecule has 122 valence electrons. The summed E-state index contributed by atoms with van der Waals surface area (Å²) in [4.78, 5) is 17.6. The Morgan fingerprint density at radius 1 is 1.55 bits per heavy atom. The summed E-state index contributed by atoms with van der Waals surface area (Å²) in [6, 6.07) is 1.84. The monoisotopic (exact) mass is 306 g/mol. The summed E-state index contributed by atoms with van der Waals surface area (Å²) >= 11 is 0. The molecule has 1 aromatic rings. The summed E-state index contributed by atoms with van der Waals surface area (Å²) in [6.07, 6.45) is 3.48.